The minimum Gasteiger partial charge on any atom is -0.324 e. The summed E-state index contributed by atoms with van der Waals surface area (Å²) in [6, 6.07) is 0.193. The van der Waals surface area contributed by atoms with Crippen LogP contribution < -0.4 is 5.73 Å². The molecule has 1 saturated carbocycles. The Balaban J connectivity index is 2.06. The van der Waals surface area contributed by atoms with Gasteiger partial charge in [-0.3, -0.25) is 4.68 Å². The number of aromatic nitrogens is 2. The van der Waals surface area contributed by atoms with Gasteiger partial charge < -0.3 is 5.73 Å². The van der Waals surface area contributed by atoms with Crippen LogP contribution in [0.3, 0.4) is 0 Å². The molecule has 3 heteroatoms. The summed E-state index contributed by atoms with van der Waals surface area (Å²) in [5.74, 6) is 0.696. The Kier molecular flexibility index (Phi) is 2.19. The van der Waals surface area contributed by atoms with Crippen LogP contribution in [0.25, 0.3) is 0 Å². The fourth-order valence-electron chi connectivity index (χ4n) is 1.51. The van der Waals surface area contributed by atoms with E-state index in [0.717, 1.165) is 12.1 Å². The number of nitrogens with zero attached hydrogens (tertiary/aromatic N) is 2. The Morgan fingerprint density at radius 1 is 1.77 bits per heavy atom. The summed E-state index contributed by atoms with van der Waals surface area (Å²) in [5.41, 5.74) is 7.19. The summed E-state index contributed by atoms with van der Waals surface area (Å²) in [7, 11) is 0. The number of nitrogens with two attached hydrogens (primary N) is 1. The van der Waals surface area contributed by atoms with Gasteiger partial charge in [0, 0.05) is 17.8 Å². The van der Waals surface area contributed by atoms with Crippen molar-refractivity contribution in [2.45, 2.75) is 25.4 Å². The van der Waals surface area contributed by atoms with E-state index in [2.05, 4.69) is 11.7 Å². The van der Waals surface area contributed by atoms with E-state index in [1.54, 1.807) is 0 Å². The van der Waals surface area contributed by atoms with E-state index < -0.39 is 0 Å². The number of allylic oxidation sites excluding steroid dienone is 1. The SMILES string of the molecule is C=CCn1cc([C@H](N)C2CC2)cn1. The summed E-state index contributed by atoms with van der Waals surface area (Å²) in [6.45, 7) is 4.43. The van der Waals surface area contributed by atoms with Crippen LogP contribution >= 0.6 is 0 Å². The first kappa shape index (κ1) is 8.51. The second-order valence-corrected chi connectivity index (χ2v) is 3.65. The van der Waals surface area contributed by atoms with Gasteiger partial charge in [0.15, 0.2) is 0 Å². The number of hydrogen-bond acceptors (Lipinski definition) is 2. The minimum atomic E-state index is 0.193. The summed E-state index contributed by atoms with van der Waals surface area (Å²) >= 11 is 0. The fraction of sp³-hybridized carbons (Fsp3) is 0.500. The monoisotopic (exact) mass is 177 g/mol. The highest BCUT2D eigenvalue weighted by atomic mass is 15.3. The van der Waals surface area contributed by atoms with Gasteiger partial charge in [-0.25, -0.2) is 0 Å². The zero-order chi connectivity index (χ0) is 9.26. The predicted molar refractivity (Wildman–Crippen MR) is 52.1 cm³/mol. The zero-order valence-electron chi connectivity index (χ0n) is 7.69. The summed E-state index contributed by atoms with van der Waals surface area (Å²) < 4.78 is 1.87. The molecule has 0 saturated heterocycles. The molecule has 1 aromatic heterocycles. The lowest BCUT2D eigenvalue weighted by atomic mass is 10.1. The van der Waals surface area contributed by atoms with Crippen LogP contribution in [0.5, 0.6) is 0 Å². The topological polar surface area (TPSA) is 43.8 Å². The van der Waals surface area contributed by atoms with Crippen LogP contribution in [0.2, 0.25) is 0 Å². The van der Waals surface area contributed by atoms with Gasteiger partial charge in [0.2, 0.25) is 0 Å². The van der Waals surface area contributed by atoms with E-state index in [-0.39, 0.29) is 6.04 Å². The van der Waals surface area contributed by atoms with Crippen LogP contribution in [0.4, 0.5) is 0 Å². The van der Waals surface area contributed by atoms with Crippen LogP contribution in [0.15, 0.2) is 25.0 Å². The summed E-state index contributed by atoms with van der Waals surface area (Å²) in [4.78, 5) is 0. The molecule has 2 N–H and O–H groups in total. The molecule has 1 aliphatic rings. The van der Waals surface area contributed by atoms with Gasteiger partial charge in [-0.05, 0) is 18.8 Å². The van der Waals surface area contributed by atoms with E-state index in [0.29, 0.717) is 5.92 Å². The lowest BCUT2D eigenvalue weighted by Gasteiger charge is -2.05. The van der Waals surface area contributed by atoms with Crippen molar-refractivity contribution < 1.29 is 0 Å². The van der Waals surface area contributed by atoms with Gasteiger partial charge in [0.1, 0.15) is 0 Å². The predicted octanol–water partition coefficient (Wildman–Crippen LogP) is 1.48. The Bertz CT molecular complexity index is 299. The minimum absolute atomic E-state index is 0.193. The summed E-state index contributed by atoms with van der Waals surface area (Å²) in [5, 5.41) is 4.20. The van der Waals surface area contributed by atoms with Crippen molar-refractivity contribution in [2.24, 2.45) is 11.7 Å². The lowest BCUT2D eigenvalue weighted by molar-refractivity contribution is 0.630. The molecule has 2 rings (SSSR count). The van der Waals surface area contributed by atoms with Crippen LogP contribution in [0.1, 0.15) is 24.4 Å². The van der Waals surface area contributed by atoms with Crippen LogP contribution in [-0.4, -0.2) is 9.78 Å². The number of rotatable bonds is 4. The van der Waals surface area contributed by atoms with Crippen molar-refractivity contribution >= 4 is 0 Å². The van der Waals surface area contributed by atoms with Crippen LogP contribution in [-0.2, 0) is 6.54 Å². The highest BCUT2D eigenvalue weighted by Crippen LogP contribution is 2.39. The molecule has 70 valence electrons. The molecule has 1 heterocycles. The molecule has 3 nitrogen and oxygen atoms in total. The first-order valence-corrected chi connectivity index (χ1v) is 4.70. The first-order chi connectivity index (χ1) is 6.31. The molecule has 13 heavy (non-hydrogen) atoms. The molecule has 0 amide bonds. The first-order valence-electron chi connectivity index (χ1n) is 4.70. The van der Waals surface area contributed by atoms with Crippen molar-refractivity contribution in [1.29, 1.82) is 0 Å². The smallest absolute Gasteiger partial charge is 0.0587 e. The molecule has 0 unspecified atom stereocenters. The van der Waals surface area contributed by atoms with Crippen molar-refractivity contribution in [1.82, 2.24) is 9.78 Å². The highest BCUT2D eigenvalue weighted by Gasteiger charge is 2.30. The van der Waals surface area contributed by atoms with E-state index >= 15 is 0 Å². The average molecular weight is 177 g/mol. The molecule has 1 fully saturated rings. The third kappa shape index (κ3) is 1.80. The third-order valence-electron chi connectivity index (χ3n) is 2.48. The Morgan fingerprint density at radius 3 is 3.15 bits per heavy atom. The van der Waals surface area contributed by atoms with Gasteiger partial charge >= 0.3 is 0 Å². The normalized spacial score (nSPS) is 18.5. The molecular formula is C10H15N3. The Morgan fingerprint density at radius 2 is 2.54 bits per heavy atom. The molecule has 1 aliphatic carbocycles. The van der Waals surface area contributed by atoms with Crippen LogP contribution in [0, 0.1) is 5.92 Å². The average Bonchev–Trinajstić information content (AvgIpc) is 2.87. The third-order valence-corrected chi connectivity index (χ3v) is 2.48. The van der Waals surface area contributed by atoms with Gasteiger partial charge in [0.25, 0.3) is 0 Å². The van der Waals surface area contributed by atoms with Crippen molar-refractivity contribution in [3.63, 3.8) is 0 Å². The van der Waals surface area contributed by atoms with E-state index in [1.807, 2.05) is 23.2 Å². The lowest BCUT2D eigenvalue weighted by Crippen LogP contribution is -2.11. The molecule has 0 aliphatic heterocycles. The second-order valence-electron chi connectivity index (χ2n) is 3.65. The fourth-order valence-corrected chi connectivity index (χ4v) is 1.51. The van der Waals surface area contributed by atoms with Gasteiger partial charge in [-0.15, -0.1) is 6.58 Å². The Hall–Kier alpha value is -1.09. The maximum Gasteiger partial charge on any atom is 0.0587 e. The van der Waals surface area contributed by atoms with Crippen molar-refractivity contribution in [2.75, 3.05) is 0 Å². The molecule has 0 radical (unpaired) electrons. The highest BCUT2D eigenvalue weighted by molar-refractivity contribution is 5.13. The van der Waals surface area contributed by atoms with E-state index in [9.17, 15) is 0 Å². The van der Waals surface area contributed by atoms with E-state index in [4.69, 9.17) is 5.73 Å². The Labute approximate surface area is 78.2 Å². The molecule has 1 atom stereocenters. The zero-order valence-corrected chi connectivity index (χ0v) is 7.69. The van der Waals surface area contributed by atoms with Crippen molar-refractivity contribution in [3.8, 4) is 0 Å². The number of hydrogen-bond donors (Lipinski definition) is 1. The molecular weight excluding hydrogens is 162 g/mol. The largest absolute Gasteiger partial charge is 0.324 e. The summed E-state index contributed by atoms with van der Waals surface area (Å²) in [6.07, 6.45) is 8.26. The van der Waals surface area contributed by atoms with Gasteiger partial charge in [0.05, 0.1) is 12.7 Å². The van der Waals surface area contributed by atoms with Gasteiger partial charge in [-0.1, -0.05) is 6.08 Å². The van der Waals surface area contributed by atoms with Gasteiger partial charge in [-0.2, -0.15) is 5.10 Å². The quantitative estimate of drug-likeness (QED) is 0.708. The van der Waals surface area contributed by atoms with E-state index in [1.165, 1.54) is 12.8 Å². The maximum absolute atomic E-state index is 6.03. The second kappa shape index (κ2) is 3.34. The molecule has 0 bridgehead atoms. The standard InChI is InChI=1S/C10H15N3/c1-2-5-13-7-9(6-12-13)10(11)8-3-4-8/h2,6-8,10H,1,3-5,11H2/t10-/m1/s1. The maximum atomic E-state index is 6.03. The molecule has 0 aromatic carbocycles. The van der Waals surface area contributed by atoms with Crippen molar-refractivity contribution in [3.05, 3.63) is 30.6 Å². The molecule has 1 aromatic rings. The molecule has 0 spiro atoms.